The molecule has 1 aliphatic carbocycles. The molecule has 0 aromatic heterocycles. The number of hydrogen-bond donors (Lipinski definition) is 2. The summed E-state index contributed by atoms with van der Waals surface area (Å²) in [4.78, 5) is 11.5. The van der Waals surface area contributed by atoms with E-state index in [1.165, 1.54) is 25.7 Å². The van der Waals surface area contributed by atoms with Crippen LogP contribution in [-0.2, 0) is 4.79 Å². The molecule has 4 heteroatoms. The van der Waals surface area contributed by atoms with Crippen molar-refractivity contribution in [1.29, 1.82) is 0 Å². The van der Waals surface area contributed by atoms with Gasteiger partial charge in [0.25, 0.3) is 0 Å². The molecule has 3 N–H and O–H groups in total. The highest BCUT2D eigenvalue weighted by Gasteiger charge is 2.27. The average molecular weight is 216 g/mol. The highest BCUT2D eigenvalue weighted by atomic mass is 32.2. The van der Waals surface area contributed by atoms with E-state index >= 15 is 0 Å². The number of carbonyl (C=O) groups is 1. The van der Waals surface area contributed by atoms with E-state index in [0.29, 0.717) is 11.2 Å². The fourth-order valence-corrected chi connectivity index (χ4v) is 3.36. The second kappa shape index (κ2) is 5.61. The van der Waals surface area contributed by atoms with Crippen LogP contribution in [0, 0.1) is 5.92 Å². The Bertz CT molecular complexity index is 191. The van der Waals surface area contributed by atoms with E-state index in [0.717, 1.165) is 0 Å². The van der Waals surface area contributed by atoms with Crippen LogP contribution >= 0.6 is 11.8 Å². The summed E-state index contributed by atoms with van der Waals surface area (Å²) in [6, 6.07) is 0. The molecule has 0 spiro atoms. The molecule has 0 saturated heterocycles. The number of nitrogens with two attached hydrogens (primary N) is 1. The minimum atomic E-state index is -0.0306. The van der Waals surface area contributed by atoms with Crippen molar-refractivity contribution in [1.82, 2.24) is 5.43 Å². The van der Waals surface area contributed by atoms with E-state index in [2.05, 4.69) is 19.3 Å². The first-order valence-corrected chi connectivity index (χ1v) is 6.25. The normalized spacial score (nSPS) is 20.0. The lowest BCUT2D eigenvalue weighted by molar-refractivity contribution is -0.121. The molecule has 1 saturated carbocycles. The molecule has 1 atom stereocenters. The second-order valence-electron chi connectivity index (χ2n) is 4.22. The van der Waals surface area contributed by atoms with Gasteiger partial charge in [-0.25, -0.2) is 5.84 Å². The minimum Gasteiger partial charge on any atom is -0.293 e. The maximum atomic E-state index is 11.5. The van der Waals surface area contributed by atoms with Gasteiger partial charge in [0.2, 0.25) is 5.91 Å². The molecule has 1 rings (SSSR count). The van der Waals surface area contributed by atoms with Crippen LogP contribution in [0.1, 0.15) is 39.5 Å². The lowest BCUT2D eigenvalue weighted by Gasteiger charge is -2.21. The third kappa shape index (κ3) is 3.17. The summed E-state index contributed by atoms with van der Waals surface area (Å²) in [5.74, 6) is 5.49. The zero-order valence-electron chi connectivity index (χ0n) is 8.95. The van der Waals surface area contributed by atoms with Crippen LogP contribution in [0.2, 0.25) is 0 Å². The van der Waals surface area contributed by atoms with Crippen LogP contribution in [0.5, 0.6) is 0 Å². The highest BCUT2D eigenvalue weighted by Crippen LogP contribution is 2.34. The van der Waals surface area contributed by atoms with Crippen molar-refractivity contribution in [2.75, 3.05) is 0 Å². The van der Waals surface area contributed by atoms with E-state index in [-0.39, 0.29) is 11.2 Å². The molecule has 1 fully saturated rings. The smallest absolute Gasteiger partial charge is 0.247 e. The van der Waals surface area contributed by atoms with Gasteiger partial charge in [-0.3, -0.25) is 10.2 Å². The molecule has 82 valence electrons. The van der Waals surface area contributed by atoms with Gasteiger partial charge < -0.3 is 0 Å². The summed E-state index contributed by atoms with van der Waals surface area (Å²) in [7, 11) is 0. The molecule has 3 nitrogen and oxygen atoms in total. The van der Waals surface area contributed by atoms with E-state index in [4.69, 9.17) is 5.84 Å². The van der Waals surface area contributed by atoms with Crippen LogP contribution in [0.15, 0.2) is 0 Å². The number of thioether (sulfide) groups is 1. The number of hydrogen-bond acceptors (Lipinski definition) is 3. The Labute approximate surface area is 90.2 Å². The van der Waals surface area contributed by atoms with E-state index in [9.17, 15) is 4.79 Å². The van der Waals surface area contributed by atoms with E-state index in [1.54, 1.807) is 11.8 Å². The predicted octanol–water partition coefficient (Wildman–Crippen LogP) is 1.68. The SMILES string of the molecule is CC(C)C(SC1CCCC1)C(=O)NN. The van der Waals surface area contributed by atoms with Crippen molar-refractivity contribution in [3.8, 4) is 0 Å². The first-order chi connectivity index (χ1) is 6.65. The van der Waals surface area contributed by atoms with Crippen molar-refractivity contribution >= 4 is 17.7 Å². The summed E-state index contributed by atoms with van der Waals surface area (Å²) in [5.41, 5.74) is 2.26. The zero-order valence-corrected chi connectivity index (χ0v) is 9.77. The summed E-state index contributed by atoms with van der Waals surface area (Å²) < 4.78 is 0. The molecule has 0 bridgehead atoms. The predicted molar refractivity (Wildman–Crippen MR) is 60.8 cm³/mol. The van der Waals surface area contributed by atoms with Crippen LogP contribution in [-0.4, -0.2) is 16.4 Å². The van der Waals surface area contributed by atoms with Gasteiger partial charge in [0.1, 0.15) is 0 Å². The maximum Gasteiger partial charge on any atom is 0.247 e. The fourth-order valence-electron chi connectivity index (χ4n) is 1.84. The van der Waals surface area contributed by atoms with Gasteiger partial charge in [-0.1, -0.05) is 26.7 Å². The monoisotopic (exact) mass is 216 g/mol. The molecule has 14 heavy (non-hydrogen) atoms. The van der Waals surface area contributed by atoms with Gasteiger partial charge in [-0.05, 0) is 18.8 Å². The third-order valence-corrected chi connectivity index (χ3v) is 4.56. The topological polar surface area (TPSA) is 55.1 Å². The third-order valence-electron chi connectivity index (χ3n) is 2.65. The molecular weight excluding hydrogens is 196 g/mol. The molecule has 0 aromatic rings. The Morgan fingerprint density at radius 1 is 1.43 bits per heavy atom. The van der Waals surface area contributed by atoms with Crippen LogP contribution in [0.3, 0.4) is 0 Å². The zero-order chi connectivity index (χ0) is 10.6. The molecule has 1 amide bonds. The van der Waals surface area contributed by atoms with E-state index in [1.807, 2.05) is 0 Å². The second-order valence-corrected chi connectivity index (χ2v) is 5.66. The maximum absolute atomic E-state index is 11.5. The highest BCUT2D eigenvalue weighted by molar-refractivity contribution is 8.01. The standard InChI is InChI=1S/C10H20N2OS/c1-7(2)9(10(13)12-11)14-8-5-3-4-6-8/h7-9H,3-6,11H2,1-2H3,(H,12,13). The summed E-state index contributed by atoms with van der Waals surface area (Å²) in [5, 5.41) is 0.683. The average Bonchev–Trinajstić information content (AvgIpc) is 2.65. The summed E-state index contributed by atoms with van der Waals surface area (Å²) in [6.45, 7) is 4.14. The van der Waals surface area contributed by atoms with Gasteiger partial charge in [-0.15, -0.1) is 11.8 Å². The van der Waals surface area contributed by atoms with Crippen molar-refractivity contribution in [3.05, 3.63) is 0 Å². The lowest BCUT2D eigenvalue weighted by atomic mass is 10.1. The van der Waals surface area contributed by atoms with Crippen molar-refractivity contribution < 1.29 is 4.79 Å². The quantitative estimate of drug-likeness (QED) is 0.427. The molecule has 1 unspecified atom stereocenters. The van der Waals surface area contributed by atoms with Crippen molar-refractivity contribution in [2.24, 2.45) is 11.8 Å². The van der Waals surface area contributed by atoms with Crippen molar-refractivity contribution in [2.45, 2.75) is 50.0 Å². The Kier molecular flexibility index (Phi) is 4.75. The van der Waals surface area contributed by atoms with Gasteiger partial charge in [0.15, 0.2) is 0 Å². The Morgan fingerprint density at radius 3 is 2.43 bits per heavy atom. The molecule has 0 radical (unpaired) electrons. The Balaban J connectivity index is 2.45. The number of carbonyl (C=O) groups excluding carboxylic acids is 1. The van der Waals surface area contributed by atoms with Gasteiger partial charge in [0, 0.05) is 5.25 Å². The summed E-state index contributed by atoms with van der Waals surface area (Å²) >= 11 is 1.80. The minimum absolute atomic E-state index is 0.0168. The molecular formula is C10H20N2OS. The largest absolute Gasteiger partial charge is 0.293 e. The number of hydrazine groups is 1. The van der Waals surface area contributed by atoms with Crippen LogP contribution in [0.4, 0.5) is 0 Å². The fraction of sp³-hybridized carbons (Fsp3) is 0.900. The molecule has 0 aliphatic heterocycles. The Hall–Kier alpha value is -0.220. The van der Waals surface area contributed by atoms with Crippen LogP contribution in [0.25, 0.3) is 0 Å². The lowest BCUT2D eigenvalue weighted by Crippen LogP contribution is -2.40. The molecule has 1 aliphatic rings. The first-order valence-electron chi connectivity index (χ1n) is 5.31. The van der Waals surface area contributed by atoms with E-state index < -0.39 is 0 Å². The number of nitrogens with one attached hydrogen (secondary N) is 1. The molecule has 0 aromatic carbocycles. The van der Waals surface area contributed by atoms with Gasteiger partial charge in [-0.2, -0.15) is 0 Å². The number of amides is 1. The first kappa shape index (κ1) is 11.9. The molecule has 0 heterocycles. The summed E-state index contributed by atoms with van der Waals surface area (Å²) in [6.07, 6.45) is 5.14. The number of rotatable bonds is 4. The van der Waals surface area contributed by atoms with Crippen LogP contribution < -0.4 is 11.3 Å². The van der Waals surface area contributed by atoms with Crippen molar-refractivity contribution in [3.63, 3.8) is 0 Å². The van der Waals surface area contributed by atoms with Gasteiger partial charge >= 0.3 is 0 Å². The Morgan fingerprint density at radius 2 is 2.00 bits per heavy atom. The van der Waals surface area contributed by atoms with Gasteiger partial charge in [0.05, 0.1) is 5.25 Å².